The maximum Gasteiger partial charge on any atom is 0.195 e. The summed E-state index contributed by atoms with van der Waals surface area (Å²) in [7, 11) is 3.68. The summed E-state index contributed by atoms with van der Waals surface area (Å²) in [5, 5.41) is 11.6. The van der Waals surface area contributed by atoms with Crippen LogP contribution < -0.4 is 5.32 Å². The number of hydrogen-bond donors (Lipinski definition) is 1. The lowest BCUT2D eigenvalue weighted by Gasteiger charge is -2.15. The monoisotopic (exact) mass is 266 g/mol. The molecular formula is C12H15FN4S. The fourth-order valence-electron chi connectivity index (χ4n) is 1.63. The van der Waals surface area contributed by atoms with E-state index in [1.807, 2.05) is 31.7 Å². The van der Waals surface area contributed by atoms with Gasteiger partial charge >= 0.3 is 0 Å². The number of aromatic nitrogens is 3. The fourth-order valence-corrected chi connectivity index (χ4v) is 2.64. The van der Waals surface area contributed by atoms with E-state index in [0.717, 1.165) is 10.1 Å². The minimum absolute atomic E-state index is 0.0538. The smallest absolute Gasteiger partial charge is 0.195 e. The Bertz CT molecular complexity index is 541. The maximum absolute atomic E-state index is 13.9. The molecule has 4 nitrogen and oxygen atoms in total. The third-order valence-electron chi connectivity index (χ3n) is 2.75. The number of aryl methyl sites for hydroxylation is 1. The number of hydrogen-bond acceptors (Lipinski definition) is 4. The van der Waals surface area contributed by atoms with Crippen molar-refractivity contribution in [3.63, 3.8) is 0 Å². The molecule has 1 heterocycles. The van der Waals surface area contributed by atoms with E-state index in [1.54, 1.807) is 12.4 Å². The molecule has 0 aliphatic rings. The van der Waals surface area contributed by atoms with E-state index >= 15 is 0 Å². The van der Waals surface area contributed by atoms with Gasteiger partial charge in [0.1, 0.15) is 12.1 Å². The van der Waals surface area contributed by atoms with Gasteiger partial charge in [-0.2, -0.15) is 0 Å². The van der Waals surface area contributed by atoms with Gasteiger partial charge in [0.25, 0.3) is 0 Å². The van der Waals surface area contributed by atoms with Crippen LogP contribution >= 0.6 is 11.8 Å². The van der Waals surface area contributed by atoms with Gasteiger partial charge in [-0.05, 0) is 37.9 Å². The molecule has 0 aliphatic carbocycles. The first-order valence-electron chi connectivity index (χ1n) is 5.61. The van der Waals surface area contributed by atoms with Gasteiger partial charge in [0, 0.05) is 23.5 Å². The number of benzene rings is 1. The van der Waals surface area contributed by atoms with Crippen molar-refractivity contribution >= 4 is 11.8 Å². The second-order valence-corrected chi connectivity index (χ2v) is 5.00. The summed E-state index contributed by atoms with van der Waals surface area (Å²) in [6.45, 7) is 1.93. The molecule has 0 aliphatic heterocycles. The first kappa shape index (κ1) is 13.0. The average Bonchev–Trinajstić information content (AvgIpc) is 2.74. The van der Waals surface area contributed by atoms with Gasteiger partial charge in [-0.15, -0.1) is 10.2 Å². The predicted molar refractivity (Wildman–Crippen MR) is 69.0 cm³/mol. The Morgan fingerprint density at radius 2 is 2.22 bits per heavy atom. The van der Waals surface area contributed by atoms with Crippen LogP contribution in [0.25, 0.3) is 0 Å². The van der Waals surface area contributed by atoms with E-state index in [2.05, 4.69) is 15.5 Å². The second-order valence-electron chi connectivity index (χ2n) is 3.99. The number of rotatable bonds is 4. The highest BCUT2D eigenvalue weighted by molar-refractivity contribution is 7.99. The molecule has 1 unspecified atom stereocenters. The Labute approximate surface area is 110 Å². The highest BCUT2D eigenvalue weighted by atomic mass is 32.2. The number of halogens is 1. The molecule has 1 atom stereocenters. The van der Waals surface area contributed by atoms with Gasteiger partial charge in [-0.3, -0.25) is 0 Å². The summed E-state index contributed by atoms with van der Waals surface area (Å²) < 4.78 is 15.7. The standard InChI is InChI=1S/C12H15FN4S/c1-8(14-2)11-9(13)5-4-6-10(11)18-12-16-15-7-17(12)3/h4-8,14H,1-3H3. The van der Waals surface area contributed by atoms with Crippen molar-refractivity contribution in [1.29, 1.82) is 0 Å². The topological polar surface area (TPSA) is 42.7 Å². The van der Waals surface area contributed by atoms with Crippen molar-refractivity contribution in [2.45, 2.75) is 23.0 Å². The lowest BCUT2D eigenvalue weighted by Crippen LogP contribution is -2.15. The summed E-state index contributed by atoms with van der Waals surface area (Å²) in [5.41, 5.74) is 0.660. The lowest BCUT2D eigenvalue weighted by atomic mass is 10.1. The van der Waals surface area contributed by atoms with E-state index in [4.69, 9.17) is 0 Å². The largest absolute Gasteiger partial charge is 0.313 e. The Morgan fingerprint density at radius 1 is 1.44 bits per heavy atom. The van der Waals surface area contributed by atoms with Crippen LogP contribution in [-0.4, -0.2) is 21.8 Å². The average molecular weight is 266 g/mol. The van der Waals surface area contributed by atoms with Gasteiger partial charge < -0.3 is 9.88 Å². The van der Waals surface area contributed by atoms with Crippen LogP contribution in [0.5, 0.6) is 0 Å². The molecule has 96 valence electrons. The zero-order valence-electron chi connectivity index (χ0n) is 10.5. The molecule has 6 heteroatoms. The summed E-state index contributed by atoms with van der Waals surface area (Å²) in [6, 6.07) is 5.03. The van der Waals surface area contributed by atoms with Gasteiger partial charge in [-0.1, -0.05) is 6.07 Å². The molecule has 1 N–H and O–H groups in total. The number of nitrogens with zero attached hydrogens (tertiary/aromatic N) is 3. The molecule has 0 saturated heterocycles. The third kappa shape index (κ3) is 2.54. The normalized spacial score (nSPS) is 12.7. The molecule has 0 bridgehead atoms. The minimum atomic E-state index is -0.205. The first-order chi connectivity index (χ1) is 8.63. The Kier molecular flexibility index (Phi) is 3.98. The lowest BCUT2D eigenvalue weighted by molar-refractivity contribution is 0.552. The molecule has 0 radical (unpaired) electrons. The maximum atomic E-state index is 13.9. The summed E-state index contributed by atoms with van der Waals surface area (Å²) in [6.07, 6.45) is 1.63. The minimum Gasteiger partial charge on any atom is -0.313 e. The van der Waals surface area contributed by atoms with Crippen LogP contribution in [0.15, 0.2) is 34.6 Å². The van der Waals surface area contributed by atoms with Gasteiger partial charge in [0.2, 0.25) is 0 Å². The van der Waals surface area contributed by atoms with Crippen molar-refractivity contribution in [2.75, 3.05) is 7.05 Å². The number of nitrogens with one attached hydrogen (secondary N) is 1. The van der Waals surface area contributed by atoms with Crippen molar-refractivity contribution in [2.24, 2.45) is 7.05 Å². The molecule has 2 rings (SSSR count). The van der Waals surface area contributed by atoms with E-state index in [-0.39, 0.29) is 11.9 Å². The van der Waals surface area contributed by atoms with Crippen LogP contribution in [0.2, 0.25) is 0 Å². The van der Waals surface area contributed by atoms with Crippen LogP contribution in [0.1, 0.15) is 18.5 Å². The van der Waals surface area contributed by atoms with Gasteiger partial charge in [0.05, 0.1) is 0 Å². The van der Waals surface area contributed by atoms with Crippen molar-refractivity contribution in [3.8, 4) is 0 Å². The summed E-state index contributed by atoms with van der Waals surface area (Å²) in [5.74, 6) is -0.205. The highest BCUT2D eigenvalue weighted by Crippen LogP contribution is 2.33. The van der Waals surface area contributed by atoms with Crippen molar-refractivity contribution < 1.29 is 4.39 Å². The van der Waals surface area contributed by atoms with Crippen LogP contribution in [0.4, 0.5) is 4.39 Å². The van der Waals surface area contributed by atoms with E-state index in [0.29, 0.717) is 5.56 Å². The summed E-state index contributed by atoms with van der Waals surface area (Å²) in [4.78, 5) is 0.855. The Morgan fingerprint density at radius 3 is 2.83 bits per heavy atom. The van der Waals surface area contributed by atoms with Gasteiger partial charge in [0.15, 0.2) is 5.16 Å². The second kappa shape index (κ2) is 5.49. The first-order valence-corrected chi connectivity index (χ1v) is 6.42. The molecule has 0 fully saturated rings. The molecule has 0 spiro atoms. The van der Waals surface area contributed by atoms with Crippen LogP contribution in [0.3, 0.4) is 0 Å². The van der Waals surface area contributed by atoms with E-state index < -0.39 is 0 Å². The van der Waals surface area contributed by atoms with Gasteiger partial charge in [-0.25, -0.2) is 4.39 Å². The molecular weight excluding hydrogens is 251 g/mol. The van der Waals surface area contributed by atoms with Crippen LogP contribution in [0, 0.1) is 5.82 Å². The zero-order chi connectivity index (χ0) is 13.1. The molecule has 0 saturated carbocycles. The van der Waals surface area contributed by atoms with Crippen LogP contribution in [-0.2, 0) is 7.05 Å². The van der Waals surface area contributed by atoms with E-state index in [1.165, 1.54) is 17.8 Å². The fraction of sp³-hybridized carbons (Fsp3) is 0.333. The molecule has 1 aromatic heterocycles. The Hall–Kier alpha value is -1.40. The third-order valence-corrected chi connectivity index (χ3v) is 3.88. The Balaban J connectivity index is 2.39. The van der Waals surface area contributed by atoms with Crippen molar-refractivity contribution in [3.05, 3.63) is 35.9 Å². The van der Waals surface area contributed by atoms with Crippen molar-refractivity contribution in [1.82, 2.24) is 20.1 Å². The zero-order valence-corrected chi connectivity index (χ0v) is 11.3. The molecule has 2 aromatic rings. The van der Waals surface area contributed by atoms with E-state index in [9.17, 15) is 4.39 Å². The summed E-state index contributed by atoms with van der Waals surface area (Å²) >= 11 is 1.41. The molecule has 0 amide bonds. The highest BCUT2D eigenvalue weighted by Gasteiger charge is 2.16. The molecule has 18 heavy (non-hydrogen) atoms. The predicted octanol–water partition coefficient (Wildman–Crippen LogP) is 2.39. The SMILES string of the molecule is CNC(C)c1c(F)cccc1Sc1nncn1C. The molecule has 1 aromatic carbocycles. The quantitative estimate of drug-likeness (QED) is 0.922.